The molecule has 0 atom stereocenters. The number of benzene rings is 2. The molecule has 0 spiro atoms. The van der Waals surface area contributed by atoms with Gasteiger partial charge >= 0.3 is 0 Å². The molecule has 2 aromatic carbocycles. The summed E-state index contributed by atoms with van der Waals surface area (Å²) in [7, 11) is 1.91. The van der Waals surface area contributed by atoms with Gasteiger partial charge in [-0.15, -0.1) is 10.2 Å². The van der Waals surface area contributed by atoms with Gasteiger partial charge in [-0.25, -0.2) is 0 Å². The molecule has 1 aliphatic heterocycles. The van der Waals surface area contributed by atoms with E-state index in [-0.39, 0.29) is 22.9 Å². The molecule has 4 rings (SSSR count). The number of Topliss-reactive ketones (excluding diaryl/α,β-unsaturated/α-hetero) is 1. The van der Waals surface area contributed by atoms with Crippen LogP contribution in [0.4, 0.5) is 5.69 Å². The summed E-state index contributed by atoms with van der Waals surface area (Å²) in [5.41, 5.74) is 4.63. The van der Waals surface area contributed by atoms with E-state index in [1.807, 2.05) is 11.6 Å². The summed E-state index contributed by atoms with van der Waals surface area (Å²) in [5.74, 6) is 0.995. The quantitative estimate of drug-likeness (QED) is 0.493. The zero-order valence-corrected chi connectivity index (χ0v) is 18.3. The number of thioether (sulfide) groups is 1. The first-order chi connectivity index (χ1) is 14.2. The molecule has 30 heavy (non-hydrogen) atoms. The summed E-state index contributed by atoms with van der Waals surface area (Å²) in [4.78, 5) is 24.1. The second-order valence-electron chi connectivity index (χ2n) is 8.50. The molecule has 1 aliphatic rings. The summed E-state index contributed by atoms with van der Waals surface area (Å²) < 4.78 is 1.91. The van der Waals surface area contributed by atoms with E-state index in [2.05, 4.69) is 60.6 Å². The average Bonchev–Trinajstić information content (AvgIpc) is 3.26. The number of carbonyl (C=O) groups excluding carboxylic acids is 2. The molecule has 0 unspecified atom stereocenters. The first kappa shape index (κ1) is 20.3. The van der Waals surface area contributed by atoms with Crippen LogP contribution in [0.5, 0.6) is 0 Å². The highest BCUT2D eigenvalue weighted by Gasteiger charge is 2.20. The fourth-order valence-electron chi connectivity index (χ4n) is 3.43. The fourth-order valence-corrected chi connectivity index (χ4v) is 4.23. The van der Waals surface area contributed by atoms with Gasteiger partial charge in [0.2, 0.25) is 5.91 Å². The van der Waals surface area contributed by atoms with Crippen LogP contribution in [0.3, 0.4) is 0 Å². The molecule has 0 radical (unpaired) electrons. The van der Waals surface area contributed by atoms with Gasteiger partial charge in [0.15, 0.2) is 16.8 Å². The number of fused-ring (bicyclic) bond motifs is 1. The number of nitrogens with one attached hydrogen (secondary N) is 1. The lowest BCUT2D eigenvalue weighted by Gasteiger charge is -2.19. The van der Waals surface area contributed by atoms with Crippen LogP contribution in [-0.2, 0) is 23.7 Å². The standard InChI is InChI=1S/C23H24N4O2S/c1-23(2,3)17-8-5-14(6-9-17)21-25-26-22(27(21)4)30-13-19(28)15-7-10-18-16(11-15)12-20(29)24-18/h5-11H,12-13H2,1-4H3,(H,24,29). The first-order valence-corrected chi connectivity index (χ1v) is 10.8. The van der Waals surface area contributed by atoms with Gasteiger partial charge < -0.3 is 9.88 Å². The highest BCUT2D eigenvalue weighted by Crippen LogP contribution is 2.28. The maximum atomic E-state index is 12.6. The Balaban J connectivity index is 1.45. The van der Waals surface area contributed by atoms with Crippen molar-refractivity contribution in [2.24, 2.45) is 7.05 Å². The predicted molar refractivity (Wildman–Crippen MR) is 119 cm³/mol. The van der Waals surface area contributed by atoms with Gasteiger partial charge in [-0.1, -0.05) is 56.8 Å². The van der Waals surface area contributed by atoms with Crippen LogP contribution in [0.2, 0.25) is 0 Å². The molecule has 1 aromatic heterocycles. The summed E-state index contributed by atoms with van der Waals surface area (Å²) in [6.45, 7) is 6.56. The third-order valence-corrected chi connectivity index (χ3v) is 6.25. The highest BCUT2D eigenvalue weighted by atomic mass is 32.2. The molecule has 3 aromatic rings. The number of nitrogens with zero attached hydrogens (tertiary/aromatic N) is 3. The van der Waals surface area contributed by atoms with Crippen molar-refractivity contribution in [1.82, 2.24) is 14.8 Å². The molecule has 0 aliphatic carbocycles. The van der Waals surface area contributed by atoms with Crippen LogP contribution in [-0.4, -0.2) is 32.2 Å². The molecule has 1 amide bonds. The largest absolute Gasteiger partial charge is 0.326 e. The zero-order chi connectivity index (χ0) is 21.5. The van der Waals surface area contributed by atoms with Crippen molar-refractivity contribution in [3.8, 4) is 11.4 Å². The Morgan fingerprint density at radius 3 is 2.57 bits per heavy atom. The average molecular weight is 421 g/mol. The number of carbonyl (C=O) groups is 2. The van der Waals surface area contributed by atoms with E-state index in [4.69, 9.17) is 0 Å². The Hall–Kier alpha value is -2.93. The van der Waals surface area contributed by atoms with Gasteiger partial charge in [0.05, 0.1) is 12.2 Å². The topological polar surface area (TPSA) is 76.9 Å². The van der Waals surface area contributed by atoms with E-state index in [1.165, 1.54) is 17.3 Å². The molecular weight excluding hydrogens is 396 g/mol. The van der Waals surface area contributed by atoms with Crippen LogP contribution >= 0.6 is 11.8 Å². The summed E-state index contributed by atoms with van der Waals surface area (Å²) in [5, 5.41) is 12.1. The van der Waals surface area contributed by atoms with E-state index < -0.39 is 0 Å². The zero-order valence-electron chi connectivity index (χ0n) is 17.5. The molecule has 1 N–H and O–H groups in total. The third kappa shape index (κ3) is 4.03. The number of aromatic nitrogens is 3. The van der Waals surface area contributed by atoms with Gasteiger partial charge in [0.1, 0.15) is 0 Å². The van der Waals surface area contributed by atoms with Crippen LogP contribution < -0.4 is 5.32 Å². The molecule has 2 heterocycles. The fraction of sp³-hybridized carbons (Fsp3) is 0.304. The maximum Gasteiger partial charge on any atom is 0.228 e. The van der Waals surface area contributed by atoms with Crippen molar-refractivity contribution in [3.63, 3.8) is 0 Å². The molecule has 0 saturated carbocycles. The minimum Gasteiger partial charge on any atom is -0.326 e. The number of hydrogen-bond donors (Lipinski definition) is 1. The van der Waals surface area contributed by atoms with Gasteiger partial charge in [-0.3, -0.25) is 9.59 Å². The second kappa shape index (κ2) is 7.72. The minimum atomic E-state index is -0.0360. The molecular formula is C23H24N4O2S. The number of hydrogen-bond acceptors (Lipinski definition) is 5. The SMILES string of the molecule is Cn1c(SCC(=O)c2ccc3c(c2)CC(=O)N3)nnc1-c1ccc(C(C)(C)C)cc1. The van der Waals surface area contributed by atoms with Crippen LogP contribution in [0.15, 0.2) is 47.6 Å². The van der Waals surface area contributed by atoms with Crippen molar-refractivity contribution < 1.29 is 9.59 Å². The van der Waals surface area contributed by atoms with E-state index in [1.54, 1.807) is 18.2 Å². The van der Waals surface area contributed by atoms with E-state index >= 15 is 0 Å². The van der Waals surface area contributed by atoms with Crippen molar-refractivity contribution >= 4 is 29.1 Å². The molecule has 0 bridgehead atoms. The number of anilines is 1. The van der Waals surface area contributed by atoms with Crippen molar-refractivity contribution in [2.75, 3.05) is 11.1 Å². The minimum absolute atomic E-state index is 0.00114. The van der Waals surface area contributed by atoms with Crippen LogP contribution in [0.1, 0.15) is 42.3 Å². The van der Waals surface area contributed by atoms with Gasteiger partial charge in [-0.05, 0) is 34.7 Å². The molecule has 6 nitrogen and oxygen atoms in total. The summed E-state index contributed by atoms with van der Waals surface area (Å²) in [6.07, 6.45) is 0.324. The predicted octanol–water partition coefficient (Wildman–Crippen LogP) is 4.25. The lowest BCUT2D eigenvalue weighted by Crippen LogP contribution is -2.10. The van der Waals surface area contributed by atoms with Crippen molar-refractivity contribution in [1.29, 1.82) is 0 Å². The first-order valence-electron chi connectivity index (χ1n) is 9.81. The van der Waals surface area contributed by atoms with Crippen molar-refractivity contribution in [2.45, 2.75) is 37.8 Å². The summed E-state index contributed by atoms with van der Waals surface area (Å²) in [6, 6.07) is 13.7. The van der Waals surface area contributed by atoms with Gasteiger partial charge in [-0.2, -0.15) is 0 Å². The van der Waals surface area contributed by atoms with Gasteiger partial charge in [0.25, 0.3) is 0 Å². The molecule has 0 saturated heterocycles. The maximum absolute atomic E-state index is 12.6. The molecule has 154 valence electrons. The van der Waals surface area contributed by atoms with E-state index in [0.717, 1.165) is 22.6 Å². The Morgan fingerprint density at radius 1 is 1.13 bits per heavy atom. The Bertz CT molecular complexity index is 1130. The highest BCUT2D eigenvalue weighted by molar-refractivity contribution is 7.99. The smallest absolute Gasteiger partial charge is 0.228 e. The Labute approximate surface area is 180 Å². The number of amides is 1. The number of rotatable bonds is 5. The normalized spacial score (nSPS) is 13.3. The van der Waals surface area contributed by atoms with E-state index in [9.17, 15) is 9.59 Å². The second-order valence-corrected chi connectivity index (χ2v) is 9.44. The summed E-state index contributed by atoms with van der Waals surface area (Å²) >= 11 is 1.36. The lowest BCUT2D eigenvalue weighted by atomic mass is 9.87. The monoisotopic (exact) mass is 420 g/mol. The molecule has 0 fully saturated rings. The number of ketones is 1. The van der Waals surface area contributed by atoms with E-state index in [0.29, 0.717) is 17.1 Å². The lowest BCUT2D eigenvalue weighted by molar-refractivity contribution is -0.115. The van der Waals surface area contributed by atoms with Crippen molar-refractivity contribution in [3.05, 3.63) is 59.2 Å². The third-order valence-electron chi connectivity index (χ3n) is 5.23. The van der Waals surface area contributed by atoms with Gasteiger partial charge in [0, 0.05) is 23.9 Å². The van der Waals surface area contributed by atoms with Crippen LogP contribution in [0, 0.1) is 0 Å². The Morgan fingerprint density at radius 2 is 1.87 bits per heavy atom. The molecule has 7 heteroatoms. The van der Waals surface area contributed by atoms with Crippen LogP contribution in [0.25, 0.3) is 11.4 Å². The Kier molecular flexibility index (Phi) is 5.24.